The van der Waals surface area contributed by atoms with E-state index in [2.05, 4.69) is 10.2 Å². The first-order valence-electron chi connectivity index (χ1n) is 7.83. The average Bonchev–Trinajstić information content (AvgIpc) is 2.99. The number of hydrogen-bond donors (Lipinski definition) is 1. The summed E-state index contributed by atoms with van der Waals surface area (Å²) in [4.78, 5) is 16.6. The van der Waals surface area contributed by atoms with E-state index in [1.54, 1.807) is 6.07 Å². The molecule has 6 heteroatoms. The van der Waals surface area contributed by atoms with Gasteiger partial charge in [0, 0.05) is 32.7 Å². The Balaban J connectivity index is 1.49. The van der Waals surface area contributed by atoms with Crippen molar-refractivity contribution in [2.75, 3.05) is 51.3 Å². The van der Waals surface area contributed by atoms with Gasteiger partial charge in [-0.1, -0.05) is 23.7 Å². The summed E-state index contributed by atoms with van der Waals surface area (Å²) in [5.41, 5.74) is 0.672. The van der Waals surface area contributed by atoms with Crippen molar-refractivity contribution >= 4 is 23.3 Å². The molecule has 2 aliphatic heterocycles. The van der Waals surface area contributed by atoms with Crippen molar-refractivity contribution < 1.29 is 9.53 Å². The van der Waals surface area contributed by atoms with Crippen LogP contribution in [0.3, 0.4) is 0 Å². The van der Waals surface area contributed by atoms with Crippen LogP contribution in [0.15, 0.2) is 24.3 Å². The summed E-state index contributed by atoms with van der Waals surface area (Å²) < 4.78 is 5.37. The van der Waals surface area contributed by atoms with E-state index in [9.17, 15) is 4.79 Å². The number of urea groups is 1. The van der Waals surface area contributed by atoms with Crippen LogP contribution in [0.5, 0.6) is 0 Å². The predicted octanol–water partition coefficient (Wildman–Crippen LogP) is 2.53. The number of amides is 2. The van der Waals surface area contributed by atoms with Crippen molar-refractivity contribution in [3.05, 3.63) is 29.3 Å². The average molecular weight is 324 g/mol. The maximum absolute atomic E-state index is 12.3. The van der Waals surface area contributed by atoms with Gasteiger partial charge in [-0.3, -0.25) is 4.90 Å². The van der Waals surface area contributed by atoms with E-state index in [0.29, 0.717) is 16.6 Å². The van der Waals surface area contributed by atoms with Crippen LogP contribution in [0.1, 0.15) is 6.42 Å². The number of halogens is 1. The number of morpholine rings is 1. The monoisotopic (exact) mass is 323 g/mol. The number of ether oxygens (including phenoxy) is 1. The molecule has 1 unspecified atom stereocenters. The Kier molecular flexibility index (Phi) is 5.18. The van der Waals surface area contributed by atoms with Crippen LogP contribution in [-0.2, 0) is 4.74 Å². The molecule has 2 heterocycles. The van der Waals surface area contributed by atoms with Gasteiger partial charge in [0.05, 0.1) is 23.9 Å². The summed E-state index contributed by atoms with van der Waals surface area (Å²) in [6, 6.07) is 7.26. The van der Waals surface area contributed by atoms with Gasteiger partial charge in [0.15, 0.2) is 0 Å². The largest absolute Gasteiger partial charge is 0.379 e. The maximum atomic E-state index is 12.3. The zero-order valence-electron chi connectivity index (χ0n) is 12.6. The summed E-state index contributed by atoms with van der Waals surface area (Å²) in [6.45, 7) is 6.33. The van der Waals surface area contributed by atoms with Crippen LogP contribution in [-0.4, -0.2) is 61.8 Å². The fraction of sp³-hybridized carbons (Fsp3) is 0.562. The number of para-hydroxylation sites is 1. The van der Waals surface area contributed by atoms with Gasteiger partial charge in [-0.05, 0) is 24.5 Å². The van der Waals surface area contributed by atoms with Gasteiger partial charge in [0.2, 0.25) is 0 Å². The number of benzene rings is 1. The Bertz CT molecular complexity index is 520. The molecule has 0 bridgehead atoms. The number of carbonyl (C=O) groups excluding carboxylic acids is 1. The second-order valence-electron chi connectivity index (χ2n) is 5.92. The minimum absolute atomic E-state index is 0.0578. The molecule has 1 aromatic rings. The van der Waals surface area contributed by atoms with Crippen LogP contribution in [0.2, 0.25) is 5.02 Å². The van der Waals surface area contributed by atoms with Gasteiger partial charge in [-0.15, -0.1) is 0 Å². The van der Waals surface area contributed by atoms with Crippen LogP contribution < -0.4 is 5.32 Å². The number of likely N-dealkylation sites (tertiary alicyclic amines) is 1. The van der Waals surface area contributed by atoms with E-state index < -0.39 is 0 Å². The van der Waals surface area contributed by atoms with Crippen molar-refractivity contribution in [1.29, 1.82) is 0 Å². The van der Waals surface area contributed by atoms with Crippen LogP contribution >= 0.6 is 11.6 Å². The van der Waals surface area contributed by atoms with Gasteiger partial charge >= 0.3 is 6.03 Å². The molecular weight excluding hydrogens is 302 g/mol. The molecule has 22 heavy (non-hydrogen) atoms. The molecule has 120 valence electrons. The molecule has 2 aliphatic rings. The minimum Gasteiger partial charge on any atom is -0.379 e. The van der Waals surface area contributed by atoms with E-state index in [4.69, 9.17) is 16.3 Å². The van der Waals surface area contributed by atoms with Crippen molar-refractivity contribution in [1.82, 2.24) is 9.80 Å². The smallest absolute Gasteiger partial charge is 0.321 e. The molecule has 0 aliphatic carbocycles. The number of rotatable bonds is 3. The minimum atomic E-state index is -0.0578. The Morgan fingerprint density at radius 3 is 2.82 bits per heavy atom. The lowest BCUT2D eigenvalue weighted by Crippen LogP contribution is -2.40. The van der Waals surface area contributed by atoms with Crippen molar-refractivity contribution in [2.45, 2.75) is 6.42 Å². The van der Waals surface area contributed by atoms with Gasteiger partial charge in [0.1, 0.15) is 0 Å². The molecule has 0 aromatic heterocycles. The molecule has 3 rings (SSSR count). The van der Waals surface area contributed by atoms with E-state index in [-0.39, 0.29) is 6.03 Å². The molecule has 2 amide bonds. The summed E-state index contributed by atoms with van der Waals surface area (Å²) in [6.07, 6.45) is 1.06. The SMILES string of the molecule is O=C(Nc1ccccc1Cl)N1CCC(CN2CCOCC2)C1. The summed E-state index contributed by atoms with van der Waals surface area (Å²) >= 11 is 6.08. The Hall–Kier alpha value is -1.30. The predicted molar refractivity (Wildman–Crippen MR) is 87.4 cm³/mol. The molecule has 5 nitrogen and oxygen atoms in total. The van der Waals surface area contributed by atoms with Gasteiger partial charge < -0.3 is 15.0 Å². The first kappa shape index (κ1) is 15.6. The standard InChI is InChI=1S/C16H22ClN3O2/c17-14-3-1-2-4-15(14)18-16(21)20-6-5-13(12-20)11-19-7-9-22-10-8-19/h1-4,13H,5-12H2,(H,18,21). The van der Waals surface area contributed by atoms with E-state index >= 15 is 0 Å². The zero-order valence-corrected chi connectivity index (χ0v) is 13.4. The second kappa shape index (κ2) is 7.31. The van der Waals surface area contributed by atoms with Gasteiger partial charge in [-0.25, -0.2) is 4.79 Å². The molecular formula is C16H22ClN3O2. The molecule has 0 spiro atoms. The molecule has 1 N–H and O–H groups in total. The Morgan fingerprint density at radius 1 is 1.27 bits per heavy atom. The lowest BCUT2D eigenvalue weighted by Gasteiger charge is -2.29. The summed E-state index contributed by atoms with van der Waals surface area (Å²) in [5, 5.41) is 3.47. The van der Waals surface area contributed by atoms with Gasteiger partial charge in [0.25, 0.3) is 0 Å². The number of anilines is 1. The first-order valence-corrected chi connectivity index (χ1v) is 8.21. The van der Waals surface area contributed by atoms with E-state index in [0.717, 1.165) is 52.4 Å². The van der Waals surface area contributed by atoms with Crippen LogP contribution in [0.4, 0.5) is 10.5 Å². The maximum Gasteiger partial charge on any atom is 0.321 e. The highest BCUT2D eigenvalue weighted by Gasteiger charge is 2.28. The highest BCUT2D eigenvalue weighted by Crippen LogP contribution is 2.23. The highest BCUT2D eigenvalue weighted by atomic mass is 35.5. The van der Waals surface area contributed by atoms with Crippen LogP contribution in [0, 0.1) is 5.92 Å². The lowest BCUT2D eigenvalue weighted by molar-refractivity contribution is 0.0314. The molecule has 1 atom stereocenters. The quantitative estimate of drug-likeness (QED) is 0.929. The van der Waals surface area contributed by atoms with Crippen molar-refractivity contribution in [2.24, 2.45) is 5.92 Å². The number of hydrogen-bond acceptors (Lipinski definition) is 3. The van der Waals surface area contributed by atoms with E-state index in [1.165, 1.54) is 0 Å². The third-order valence-electron chi connectivity index (χ3n) is 4.31. The third-order valence-corrected chi connectivity index (χ3v) is 4.64. The molecule has 0 saturated carbocycles. The number of nitrogens with zero attached hydrogens (tertiary/aromatic N) is 2. The van der Waals surface area contributed by atoms with Crippen molar-refractivity contribution in [3.63, 3.8) is 0 Å². The summed E-state index contributed by atoms with van der Waals surface area (Å²) in [7, 11) is 0. The Morgan fingerprint density at radius 2 is 2.05 bits per heavy atom. The molecule has 2 saturated heterocycles. The topological polar surface area (TPSA) is 44.8 Å². The van der Waals surface area contributed by atoms with Gasteiger partial charge in [-0.2, -0.15) is 0 Å². The molecule has 0 radical (unpaired) electrons. The summed E-state index contributed by atoms with van der Waals surface area (Å²) in [5.74, 6) is 0.551. The second-order valence-corrected chi connectivity index (χ2v) is 6.33. The third kappa shape index (κ3) is 3.91. The fourth-order valence-corrected chi connectivity index (χ4v) is 3.25. The Labute approximate surface area is 136 Å². The zero-order chi connectivity index (χ0) is 15.4. The molecule has 2 fully saturated rings. The molecule has 1 aromatic carbocycles. The van der Waals surface area contributed by atoms with Crippen LogP contribution in [0.25, 0.3) is 0 Å². The number of carbonyl (C=O) groups is 1. The number of nitrogens with one attached hydrogen (secondary N) is 1. The highest BCUT2D eigenvalue weighted by molar-refractivity contribution is 6.33. The van der Waals surface area contributed by atoms with Crippen molar-refractivity contribution in [3.8, 4) is 0 Å². The van der Waals surface area contributed by atoms with E-state index in [1.807, 2.05) is 23.1 Å². The first-order chi connectivity index (χ1) is 10.7. The lowest BCUT2D eigenvalue weighted by atomic mass is 10.1. The normalized spacial score (nSPS) is 22.8. The fourth-order valence-electron chi connectivity index (χ4n) is 3.07.